The van der Waals surface area contributed by atoms with Crippen LogP contribution in [0.15, 0.2) is 59.7 Å². The van der Waals surface area contributed by atoms with Gasteiger partial charge < -0.3 is 0 Å². The Hall–Kier alpha value is -3.41. The van der Waals surface area contributed by atoms with Gasteiger partial charge in [-0.2, -0.15) is 10.1 Å². The number of hydrogen-bond acceptors (Lipinski definition) is 5. The summed E-state index contributed by atoms with van der Waals surface area (Å²) in [7, 11) is 0. The minimum Gasteiger partial charge on any atom is -0.294 e. The Kier molecular flexibility index (Phi) is 3.57. The Morgan fingerprint density at radius 1 is 1.08 bits per heavy atom. The highest BCUT2D eigenvalue weighted by Gasteiger charge is 2.14. The molecule has 25 heavy (non-hydrogen) atoms. The number of aryl methyl sites for hydroxylation is 1. The van der Waals surface area contributed by atoms with E-state index in [1.807, 2.05) is 43.3 Å². The summed E-state index contributed by atoms with van der Waals surface area (Å²) in [5, 5.41) is 5.01. The largest absolute Gasteiger partial charge is 0.295 e. The Morgan fingerprint density at radius 2 is 1.84 bits per heavy atom. The molecule has 122 valence electrons. The average Bonchev–Trinajstić information content (AvgIpc) is 2.63. The maximum Gasteiger partial charge on any atom is 0.295 e. The maximum absolute atomic E-state index is 12.4. The lowest BCUT2D eigenvalue weighted by atomic mass is 10.1. The van der Waals surface area contributed by atoms with E-state index in [0.29, 0.717) is 11.2 Å². The van der Waals surface area contributed by atoms with Crippen molar-refractivity contribution >= 4 is 22.3 Å². The number of benzene rings is 2. The number of rotatable bonds is 3. The topological polar surface area (TPSA) is 77.2 Å². The van der Waals surface area contributed by atoms with Gasteiger partial charge in [0.15, 0.2) is 11.4 Å². The molecule has 6 nitrogen and oxygen atoms in total. The molecule has 4 aromatic rings. The second-order valence-corrected chi connectivity index (χ2v) is 5.86. The number of fused-ring (bicyclic) bond motifs is 3. The first-order valence-electron chi connectivity index (χ1n) is 7.85. The summed E-state index contributed by atoms with van der Waals surface area (Å²) >= 11 is 0. The van der Waals surface area contributed by atoms with Crippen LogP contribution in [0.5, 0.6) is 0 Å². The van der Waals surface area contributed by atoms with Crippen molar-refractivity contribution in [3.63, 3.8) is 0 Å². The van der Waals surface area contributed by atoms with E-state index in [4.69, 9.17) is 0 Å². The number of Topliss-reactive ketones (excluding diaryl/α,β-unsaturated/α-hetero) is 1. The zero-order valence-electron chi connectivity index (χ0n) is 13.5. The summed E-state index contributed by atoms with van der Waals surface area (Å²) in [4.78, 5) is 33.2. The Balaban J connectivity index is 1.76. The summed E-state index contributed by atoms with van der Waals surface area (Å²) in [5.74, 6) is -0.167. The second kappa shape index (κ2) is 5.90. The van der Waals surface area contributed by atoms with E-state index < -0.39 is 5.56 Å². The average molecular weight is 330 g/mol. The quantitative estimate of drug-likeness (QED) is 0.426. The summed E-state index contributed by atoms with van der Waals surface area (Å²) in [6.07, 6.45) is 1.41. The van der Waals surface area contributed by atoms with Crippen LogP contribution in [-0.4, -0.2) is 25.4 Å². The van der Waals surface area contributed by atoms with Crippen molar-refractivity contribution in [3.8, 4) is 0 Å². The summed E-state index contributed by atoms with van der Waals surface area (Å²) < 4.78 is 1.45. The minimum atomic E-state index is -0.489. The van der Waals surface area contributed by atoms with E-state index in [2.05, 4.69) is 15.1 Å². The van der Waals surface area contributed by atoms with Crippen LogP contribution in [-0.2, 0) is 6.42 Å². The van der Waals surface area contributed by atoms with Crippen molar-refractivity contribution in [3.05, 3.63) is 82.0 Å². The fraction of sp³-hybridized carbons (Fsp3) is 0.105. The van der Waals surface area contributed by atoms with Gasteiger partial charge in [-0.05, 0) is 19.1 Å². The molecule has 4 rings (SSSR count). The molecule has 0 amide bonds. The Labute approximate surface area is 142 Å². The molecular weight excluding hydrogens is 316 g/mol. The first-order valence-corrected chi connectivity index (χ1v) is 7.85. The molecule has 0 radical (unpaired) electrons. The molecule has 0 saturated heterocycles. The summed E-state index contributed by atoms with van der Waals surface area (Å²) in [5.41, 5.74) is 2.41. The molecule has 2 aromatic carbocycles. The number of aromatic nitrogens is 4. The Bertz CT molecular complexity index is 1160. The monoisotopic (exact) mass is 330 g/mol. The molecule has 0 atom stereocenters. The van der Waals surface area contributed by atoms with Gasteiger partial charge in [0, 0.05) is 10.9 Å². The van der Waals surface area contributed by atoms with Crippen LogP contribution < -0.4 is 5.56 Å². The zero-order valence-corrected chi connectivity index (χ0v) is 13.5. The first kappa shape index (κ1) is 15.1. The molecule has 0 aliphatic carbocycles. The molecule has 0 aliphatic rings. The van der Waals surface area contributed by atoms with Crippen LogP contribution in [0.25, 0.3) is 16.6 Å². The predicted molar refractivity (Wildman–Crippen MR) is 93.8 cm³/mol. The third kappa shape index (κ3) is 2.78. The SMILES string of the molecule is Cc1ccc(C(=O)Cc2nn3cnc4ccccc4c3nc2=O)cc1. The Morgan fingerprint density at radius 3 is 2.64 bits per heavy atom. The molecule has 0 bridgehead atoms. The van der Waals surface area contributed by atoms with Crippen LogP contribution in [0.1, 0.15) is 21.6 Å². The van der Waals surface area contributed by atoms with E-state index >= 15 is 0 Å². The predicted octanol–water partition coefficient (Wildman–Crippen LogP) is 2.37. The van der Waals surface area contributed by atoms with Gasteiger partial charge >= 0.3 is 0 Å². The summed E-state index contributed by atoms with van der Waals surface area (Å²) in [6.45, 7) is 1.95. The van der Waals surface area contributed by atoms with Crippen LogP contribution in [0.4, 0.5) is 0 Å². The van der Waals surface area contributed by atoms with E-state index in [1.54, 1.807) is 12.1 Å². The van der Waals surface area contributed by atoms with Gasteiger partial charge in [0.1, 0.15) is 12.0 Å². The van der Waals surface area contributed by atoms with Gasteiger partial charge in [-0.15, -0.1) is 0 Å². The lowest BCUT2D eigenvalue weighted by Crippen LogP contribution is -2.22. The van der Waals surface area contributed by atoms with E-state index in [1.165, 1.54) is 10.8 Å². The van der Waals surface area contributed by atoms with Gasteiger partial charge in [-0.1, -0.05) is 42.0 Å². The molecule has 0 saturated carbocycles. The molecular formula is C19H14N4O2. The number of para-hydroxylation sites is 1. The highest BCUT2D eigenvalue weighted by Crippen LogP contribution is 2.14. The first-order chi connectivity index (χ1) is 12.1. The fourth-order valence-corrected chi connectivity index (χ4v) is 2.69. The van der Waals surface area contributed by atoms with Crippen molar-refractivity contribution in [1.82, 2.24) is 19.6 Å². The fourth-order valence-electron chi connectivity index (χ4n) is 2.69. The smallest absolute Gasteiger partial charge is 0.294 e. The lowest BCUT2D eigenvalue weighted by molar-refractivity contribution is 0.0991. The third-order valence-electron chi connectivity index (χ3n) is 4.05. The van der Waals surface area contributed by atoms with Crippen molar-refractivity contribution in [2.45, 2.75) is 13.3 Å². The standard InChI is InChI=1S/C19H14N4O2/c1-12-6-8-13(9-7-12)17(24)10-16-19(25)21-18-14-4-2-3-5-15(14)20-11-23(18)22-16/h2-9,11H,10H2,1H3. The van der Waals surface area contributed by atoms with Crippen LogP contribution in [0.2, 0.25) is 0 Å². The zero-order chi connectivity index (χ0) is 17.4. The van der Waals surface area contributed by atoms with E-state index in [0.717, 1.165) is 16.5 Å². The van der Waals surface area contributed by atoms with Crippen molar-refractivity contribution in [1.29, 1.82) is 0 Å². The lowest BCUT2D eigenvalue weighted by Gasteiger charge is -2.05. The number of carbonyl (C=O) groups is 1. The van der Waals surface area contributed by atoms with Gasteiger partial charge in [-0.3, -0.25) is 9.59 Å². The number of ketones is 1. The van der Waals surface area contributed by atoms with Gasteiger partial charge in [0.05, 0.1) is 11.9 Å². The van der Waals surface area contributed by atoms with Crippen molar-refractivity contribution < 1.29 is 4.79 Å². The third-order valence-corrected chi connectivity index (χ3v) is 4.05. The minimum absolute atomic E-state index is 0.0926. The maximum atomic E-state index is 12.4. The molecule has 0 aliphatic heterocycles. The normalized spacial score (nSPS) is 11.1. The van der Waals surface area contributed by atoms with E-state index in [-0.39, 0.29) is 17.9 Å². The van der Waals surface area contributed by atoms with Gasteiger partial charge in [0.25, 0.3) is 5.56 Å². The molecule has 2 aromatic heterocycles. The highest BCUT2D eigenvalue weighted by molar-refractivity contribution is 5.97. The van der Waals surface area contributed by atoms with Crippen LogP contribution in [0, 0.1) is 6.92 Å². The van der Waals surface area contributed by atoms with Crippen LogP contribution in [0.3, 0.4) is 0 Å². The highest BCUT2D eigenvalue weighted by atomic mass is 16.1. The molecule has 0 N–H and O–H groups in total. The van der Waals surface area contributed by atoms with Gasteiger partial charge in [-0.25, -0.2) is 9.50 Å². The summed E-state index contributed by atoms with van der Waals surface area (Å²) in [6, 6.07) is 14.6. The molecule has 6 heteroatoms. The van der Waals surface area contributed by atoms with E-state index in [9.17, 15) is 9.59 Å². The number of carbonyl (C=O) groups excluding carboxylic acids is 1. The number of hydrogen-bond donors (Lipinski definition) is 0. The number of nitrogens with zero attached hydrogens (tertiary/aromatic N) is 4. The van der Waals surface area contributed by atoms with Gasteiger partial charge in [0.2, 0.25) is 0 Å². The molecule has 2 heterocycles. The molecule has 0 unspecified atom stereocenters. The second-order valence-electron chi connectivity index (χ2n) is 5.86. The van der Waals surface area contributed by atoms with Crippen LogP contribution >= 0.6 is 0 Å². The molecule has 0 spiro atoms. The van der Waals surface area contributed by atoms with Crippen molar-refractivity contribution in [2.75, 3.05) is 0 Å². The van der Waals surface area contributed by atoms with Crippen molar-refractivity contribution in [2.24, 2.45) is 0 Å². The molecule has 0 fully saturated rings.